The minimum Gasteiger partial charge on any atom is -0.493 e. The molecule has 0 bridgehead atoms. The third-order valence-electron chi connectivity index (χ3n) is 4.93. The molecule has 2 aromatic rings. The summed E-state index contributed by atoms with van der Waals surface area (Å²) in [5, 5.41) is 1.33. The molecule has 1 atom stereocenters. The third kappa shape index (κ3) is 2.92. The molecule has 0 radical (unpaired) electrons. The van der Waals surface area contributed by atoms with Gasteiger partial charge in [0.05, 0.1) is 24.9 Å². The minimum atomic E-state index is -0.366. The van der Waals surface area contributed by atoms with Crippen molar-refractivity contribution in [2.24, 2.45) is 0 Å². The predicted molar refractivity (Wildman–Crippen MR) is 109 cm³/mol. The fourth-order valence-corrected chi connectivity index (χ4v) is 4.46. The van der Waals surface area contributed by atoms with Gasteiger partial charge in [0, 0.05) is 18.0 Å². The van der Waals surface area contributed by atoms with Crippen LogP contribution in [0.25, 0.3) is 0 Å². The van der Waals surface area contributed by atoms with Gasteiger partial charge in [-0.15, -0.1) is 0 Å². The van der Waals surface area contributed by atoms with Gasteiger partial charge in [0.25, 0.3) is 5.91 Å². The van der Waals surface area contributed by atoms with Crippen molar-refractivity contribution in [3.63, 3.8) is 0 Å². The summed E-state index contributed by atoms with van der Waals surface area (Å²) in [6.07, 6.45) is 0.538. The first-order valence-corrected chi connectivity index (χ1v) is 9.44. The van der Waals surface area contributed by atoms with E-state index in [0.29, 0.717) is 45.3 Å². The monoisotopic (exact) mass is 422 g/mol. The third-order valence-corrected chi connectivity index (χ3v) is 5.88. The molecule has 8 heteroatoms. The van der Waals surface area contributed by atoms with Crippen LogP contribution in [0, 0.1) is 0 Å². The largest absolute Gasteiger partial charge is 0.493 e. The lowest BCUT2D eigenvalue weighted by atomic mass is 9.94. The number of nitrogens with zero attached hydrogens (tertiary/aromatic N) is 2. The normalized spacial score (nSPS) is 18.4. The van der Waals surface area contributed by atoms with Crippen LogP contribution in [0.4, 0.5) is 5.69 Å². The summed E-state index contributed by atoms with van der Waals surface area (Å²) in [4.78, 5) is 16.6. The van der Waals surface area contributed by atoms with Gasteiger partial charge in [-0.25, -0.2) is 0 Å². The van der Waals surface area contributed by atoms with Gasteiger partial charge in [0.1, 0.15) is 6.04 Å². The van der Waals surface area contributed by atoms with Crippen molar-refractivity contribution < 1.29 is 14.3 Å². The van der Waals surface area contributed by atoms with Crippen LogP contribution in [0.1, 0.15) is 11.1 Å². The number of anilines is 1. The van der Waals surface area contributed by atoms with Crippen LogP contribution >= 0.6 is 35.4 Å². The number of hydrogen-bond donors (Lipinski definition) is 0. The second kappa shape index (κ2) is 6.86. The molecule has 1 amide bonds. The van der Waals surface area contributed by atoms with Gasteiger partial charge < -0.3 is 14.4 Å². The van der Waals surface area contributed by atoms with E-state index < -0.39 is 0 Å². The van der Waals surface area contributed by atoms with E-state index in [2.05, 4.69) is 0 Å². The highest BCUT2D eigenvalue weighted by molar-refractivity contribution is 7.80. The number of thiocarbonyl (C=S) groups is 1. The smallest absolute Gasteiger partial charge is 0.256 e. The SMILES string of the molecule is COc1cc2c(cc1OC)CN1C(=S)N(c3ccc(Cl)cc3Cl)C(=O)[C@@H]1C2. The average molecular weight is 423 g/mol. The van der Waals surface area contributed by atoms with Crippen molar-refractivity contribution in [3.05, 3.63) is 51.5 Å². The standard InChI is InChI=1S/C19H16Cl2N2O3S/c1-25-16-6-10-5-15-18(24)23(14-4-3-12(20)8-13(14)21)19(27)22(15)9-11(10)7-17(16)26-2/h3-4,6-8,15H,5,9H2,1-2H3/t15-/m0/s1. The Bertz CT molecular complexity index is 915. The first-order chi connectivity index (χ1) is 12.9. The Balaban J connectivity index is 1.72. The zero-order valence-electron chi connectivity index (χ0n) is 14.7. The van der Waals surface area contributed by atoms with Crippen LogP contribution in [0.5, 0.6) is 11.5 Å². The zero-order chi connectivity index (χ0) is 19.3. The Morgan fingerprint density at radius 2 is 1.74 bits per heavy atom. The fourth-order valence-electron chi connectivity index (χ4n) is 3.59. The van der Waals surface area contributed by atoms with E-state index in [9.17, 15) is 4.79 Å². The Labute approximate surface area is 172 Å². The first kappa shape index (κ1) is 18.3. The van der Waals surface area contributed by atoms with Crippen LogP contribution in [0.2, 0.25) is 10.0 Å². The molecule has 2 aliphatic heterocycles. The summed E-state index contributed by atoms with van der Waals surface area (Å²) in [5.41, 5.74) is 2.65. The molecule has 0 N–H and O–H groups in total. The second-order valence-electron chi connectivity index (χ2n) is 6.38. The number of methoxy groups -OCH3 is 2. The van der Waals surface area contributed by atoms with Gasteiger partial charge in [-0.05, 0) is 53.7 Å². The molecule has 2 aliphatic rings. The molecular weight excluding hydrogens is 407 g/mol. The van der Waals surface area contributed by atoms with Crippen LogP contribution in [-0.4, -0.2) is 36.2 Å². The van der Waals surface area contributed by atoms with E-state index >= 15 is 0 Å². The quantitative estimate of drug-likeness (QED) is 0.697. The van der Waals surface area contributed by atoms with Crippen molar-refractivity contribution in [3.8, 4) is 11.5 Å². The van der Waals surface area contributed by atoms with Crippen LogP contribution in [0.15, 0.2) is 30.3 Å². The number of benzene rings is 2. The van der Waals surface area contributed by atoms with Crippen LogP contribution < -0.4 is 14.4 Å². The molecule has 0 aliphatic carbocycles. The predicted octanol–water partition coefficient (Wildman–Crippen LogP) is 4.07. The molecule has 0 spiro atoms. The number of carbonyl (C=O) groups is 1. The van der Waals surface area contributed by atoms with Crippen LogP contribution in [-0.2, 0) is 17.8 Å². The Morgan fingerprint density at radius 3 is 2.37 bits per heavy atom. The molecule has 1 fully saturated rings. The molecule has 5 nitrogen and oxygen atoms in total. The zero-order valence-corrected chi connectivity index (χ0v) is 17.0. The van der Waals surface area contributed by atoms with Gasteiger partial charge in [-0.1, -0.05) is 23.2 Å². The van der Waals surface area contributed by atoms with Gasteiger partial charge in [0.15, 0.2) is 16.6 Å². The van der Waals surface area contributed by atoms with Gasteiger partial charge in [-0.2, -0.15) is 0 Å². The van der Waals surface area contributed by atoms with E-state index in [0.717, 1.165) is 11.1 Å². The number of hydrogen-bond acceptors (Lipinski definition) is 4. The van der Waals surface area contributed by atoms with Gasteiger partial charge >= 0.3 is 0 Å². The molecule has 0 unspecified atom stereocenters. The second-order valence-corrected chi connectivity index (χ2v) is 7.58. The Kier molecular flexibility index (Phi) is 4.66. The molecule has 27 heavy (non-hydrogen) atoms. The van der Waals surface area contributed by atoms with E-state index in [4.69, 9.17) is 44.9 Å². The number of halogens is 2. The van der Waals surface area contributed by atoms with Crippen molar-refractivity contribution >= 4 is 52.1 Å². The lowest BCUT2D eigenvalue weighted by molar-refractivity contribution is -0.119. The van der Waals surface area contributed by atoms with E-state index in [1.54, 1.807) is 32.4 Å². The van der Waals surface area contributed by atoms with E-state index in [1.165, 1.54) is 4.90 Å². The maximum absolute atomic E-state index is 13.1. The highest BCUT2D eigenvalue weighted by Gasteiger charge is 2.46. The van der Waals surface area contributed by atoms with E-state index in [-0.39, 0.29) is 11.9 Å². The molecular formula is C19H16Cl2N2O3S. The molecule has 140 valence electrons. The van der Waals surface area contributed by atoms with Gasteiger partial charge in [0.2, 0.25) is 0 Å². The topological polar surface area (TPSA) is 42.0 Å². The van der Waals surface area contributed by atoms with Gasteiger partial charge in [-0.3, -0.25) is 9.69 Å². The van der Waals surface area contributed by atoms with Crippen molar-refractivity contribution in [2.45, 2.75) is 19.0 Å². The molecule has 4 rings (SSSR count). The van der Waals surface area contributed by atoms with Crippen molar-refractivity contribution in [1.82, 2.24) is 4.90 Å². The summed E-state index contributed by atoms with van der Waals surface area (Å²) in [6.45, 7) is 0.520. The molecule has 0 saturated carbocycles. The van der Waals surface area contributed by atoms with Crippen molar-refractivity contribution in [2.75, 3.05) is 19.1 Å². The highest BCUT2D eigenvalue weighted by atomic mass is 35.5. The summed E-state index contributed by atoms with van der Waals surface area (Å²) in [5.74, 6) is 1.21. The molecule has 2 heterocycles. The number of rotatable bonds is 3. The number of amides is 1. The fraction of sp³-hybridized carbons (Fsp3) is 0.263. The molecule has 1 saturated heterocycles. The number of carbonyl (C=O) groups excluding carboxylic acids is 1. The Morgan fingerprint density at radius 1 is 1.07 bits per heavy atom. The first-order valence-electron chi connectivity index (χ1n) is 8.28. The summed E-state index contributed by atoms with van der Waals surface area (Å²) >= 11 is 17.9. The summed E-state index contributed by atoms with van der Waals surface area (Å²) in [6, 6.07) is 8.52. The highest BCUT2D eigenvalue weighted by Crippen LogP contribution is 2.39. The molecule has 0 aromatic heterocycles. The van der Waals surface area contributed by atoms with E-state index in [1.807, 2.05) is 17.0 Å². The maximum Gasteiger partial charge on any atom is 0.256 e. The lowest BCUT2D eigenvalue weighted by Gasteiger charge is -2.31. The van der Waals surface area contributed by atoms with Crippen LogP contribution in [0.3, 0.4) is 0 Å². The minimum absolute atomic E-state index is 0.0929. The average Bonchev–Trinajstić information content (AvgIpc) is 2.89. The van der Waals surface area contributed by atoms with Crippen molar-refractivity contribution in [1.29, 1.82) is 0 Å². The lowest BCUT2D eigenvalue weighted by Crippen LogP contribution is -2.40. The molecule has 2 aromatic carbocycles. The number of fused-ring (bicyclic) bond motifs is 2. The summed E-state index contributed by atoms with van der Waals surface area (Å²) < 4.78 is 10.8. The Hall–Kier alpha value is -2.02. The summed E-state index contributed by atoms with van der Waals surface area (Å²) in [7, 11) is 3.20. The number of ether oxygens (including phenoxy) is 2. The maximum atomic E-state index is 13.1.